The van der Waals surface area contributed by atoms with E-state index in [1.807, 2.05) is 42.5 Å². The summed E-state index contributed by atoms with van der Waals surface area (Å²) in [5, 5.41) is 11.3. The molecular formula is C15H15ClO2. The predicted molar refractivity (Wildman–Crippen MR) is 73.1 cm³/mol. The van der Waals surface area contributed by atoms with Crippen molar-refractivity contribution in [3.8, 4) is 5.75 Å². The van der Waals surface area contributed by atoms with Gasteiger partial charge in [0.15, 0.2) is 0 Å². The fourth-order valence-corrected chi connectivity index (χ4v) is 2.37. The van der Waals surface area contributed by atoms with Gasteiger partial charge in [-0.3, -0.25) is 0 Å². The van der Waals surface area contributed by atoms with Crippen LogP contribution in [0.2, 0.25) is 5.02 Å². The molecule has 2 rings (SSSR count). The average molecular weight is 263 g/mol. The summed E-state index contributed by atoms with van der Waals surface area (Å²) in [5.41, 5.74) is 0.169. The van der Waals surface area contributed by atoms with Crippen molar-refractivity contribution in [1.29, 1.82) is 0 Å². The fraction of sp³-hybridized carbons (Fsp3) is 0.200. The third-order valence-electron chi connectivity index (χ3n) is 3.03. The lowest BCUT2D eigenvalue weighted by molar-refractivity contribution is 0.0991. The molecule has 0 saturated carbocycles. The number of benzene rings is 2. The number of halogens is 1. The second kappa shape index (κ2) is 5.01. The zero-order valence-electron chi connectivity index (χ0n) is 10.4. The number of ether oxygens (including phenoxy) is 1. The van der Waals surface area contributed by atoms with E-state index in [0.717, 1.165) is 0 Å². The standard InChI is InChI=1S/C15H15ClO2/c1-15(17,11-7-3-5-9-13(11)16)12-8-4-6-10-14(12)18-2/h3-10,17H,1-2H3. The van der Waals surface area contributed by atoms with Gasteiger partial charge in [-0.25, -0.2) is 0 Å². The summed E-state index contributed by atoms with van der Waals surface area (Å²) >= 11 is 6.15. The minimum absolute atomic E-state index is 0.536. The highest BCUT2D eigenvalue weighted by molar-refractivity contribution is 6.31. The van der Waals surface area contributed by atoms with E-state index in [4.69, 9.17) is 16.3 Å². The molecule has 18 heavy (non-hydrogen) atoms. The van der Waals surface area contributed by atoms with E-state index >= 15 is 0 Å². The second-order valence-electron chi connectivity index (χ2n) is 4.25. The Morgan fingerprint density at radius 1 is 1.00 bits per heavy atom. The molecule has 94 valence electrons. The normalized spacial score (nSPS) is 14.0. The Morgan fingerprint density at radius 3 is 2.17 bits per heavy atom. The van der Waals surface area contributed by atoms with Crippen LogP contribution >= 0.6 is 11.6 Å². The van der Waals surface area contributed by atoms with Gasteiger partial charge in [0.1, 0.15) is 11.4 Å². The number of hydrogen-bond acceptors (Lipinski definition) is 2. The van der Waals surface area contributed by atoms with Gasteiger partial charge in [-0.15, -0.1) is 0 Å². The average Bonchev–Trinajstić information content (AvgIpc) is 2.39. The van der Waals surface area contributed by atoms with E-state index in [1.165, 1.54) is 0 Å². The van der Waals surface area contributed by atoms with Crippen LogP contribution < -0.4 is 4.74 Å². The zero-order chi connectivity index (χ0) is 13.2. The van der Waals surface area contributed by atoms with Gasteiger partial charge >= 0.3 is 0 Å². The van der Waals surface area contributed by atoms with E-state index in [-0.39, 0.29) is 0 Å². The Morgan fingerprint density at radius 2 is 1.56 bits per heavy atom. The minimum Gasteiger partial charge on any atom is -0.496 e. The smallest absolute Gasteiger partial charge is 0.125 e. The second-order valence-corrected chi connectivity index (χ2v) is 4.66. The highest BCUT2D eigenvalue weighted by Crippen LogP contribution is 2.38. The molecule has 0 bridgehead atoms. The van der Waals surface area contributed by atoms with Crippen molar-refractivity contribution in [2.75, 3.05) is 7.11 Å². The molecule has 2 nitrogen and oxygen atoms in total. The maximum atomic E-state index is 10.8. The lowest BCUT2D eigenvalue weighted by atomic mass is 9.87. The van der Waals surface area contributed by atoms with Gasteiger partial charge in [0.05, 0.1) is 7.11 Å². The van der Waals surface area contributed by atoms with Crippen LogP contribution in [0.3, 0.4) is 0 Å². The Hall–Kier alpha value is -1.51. The first kappa shape index (κ1) is 12.9. The van der Waals surface area contributed by atoms with Crippen LogP contribution in [0.15, 0.2) is 48.5 Å². The molecule has 0 heterocycles. The topological polar surface area (TPSA) is 29.5 Å². The van der Waals surface area contributed by atoms with E-state index in [1.54, 1.807) is 20.1 Å². The van der Waals surface area contributed by atoms with Gasteiger partial charge < -0.3 is 9.84 Å². The van der Waals surface area contributed by atoms with Gasteiger partial charge in [0.25, 0.3) is 0 Å². The van der Waals surface area contributed by atoms with Gasteiger partial charge in [-0.05, 0) is 19.1 Å². The van der Waals surface area contributed by atoms with Crippen LogP contribution in [0, 0.1) is 0 Å². The lowest BCUT2D eigenvalue weighted by Crippen LogP contribution is -2.24. The summed E-state index contributed by atoms with van der Waals surface area (Å²) < 4.78 is 5.29. The van der Waals surface area contributed by atoms with E-state index in [9.17, 15) is 5.11 Å². The number of para-hydroxylation sites is 1. The van der Waals surface area contributed by atoms with Crippen molar-refractivity contribution in [2.45, 2.75) is 12.5 Å². The largest absolute Gasteiger partial charge is 0.496 e. The number of rotatable bonds is 3. The molecule has 2 aromatic carbocycles. The maximum Gasteiger partial charge on any atom is 0.125 e. The molecule has 0 aliphatic carbocycles. The van der Waals surface area contributed by atoms with Gasteiger partial charge in [0.2, 0.25) is 0 Å². The SMILES string of the molecule is COc1ccccc1C(C)(O)c1ccccc1Cl. The zero-order valence-corrected chi connectivity index (χ0v) is 11.1. The van der Waals surface area contributed by atoms with Crippen LogP contribution in [-0.2, 0) is 5.60 Å². The first-order chi connectivity index (χ1) is 8.57. The van der Waals surface area contributed by atoms with E-state index in [2.05, 4.69) is 0 Å². The molecule has 0 aliphatic heterocycles. The molecule has 0 spiro atoms. The third kappa shape index (κ3) is 2.22. The third-order valence-corrected chi connectivity index (χ3v) is 3.36. The molecule has 1 atom stereocenters. The summed E-state index contributed by atoms with van der Waals surface area (Å²) in [5.74, 6) is 0.641. The minimum atomic E-state index is -1.19. The van der Waals surface area contributed by atoms with Gasteiger partial charge in [-0.1, -0.05) is 48.0 Å². The summed E-state index contributed by atoms with van der Waals surface area (Å²) in [4.78, 5) is 0. The van der Waals surface area contributed by atoms with Gasteiger partial charge in [0, 0.05) is 16.1 Å². The molecule has 0 saturated heterocycles. The van der Waals surface area contributed by atoms with Crippen LogP contribution in [0.25, 0.3) is 0 Å². The summed E-state index contributed by atoms with van der Waals surface area (Å²) in [6.07, 6.45) is 0. The van der Waals surface area contributed by atoms with Crippen LogP contribution in [0.1, 0.15) is 18.1 Å². The Balaban J connectivity index is 2.58. The van der Waals surface area contributed by atoms with Crippen molar-refractivity contribution in [2.24, 2.45) is 0 Å². The Bertz CT molecular complexity index is 550. The highest BCUT2D eigenvalue weighted by atomic mass is 35.5. The fourth-order valence-electron chi connectivity index (χ4n) is 2.05. The van der Waals surface area contributed by atoms with Crippen molar-refractivity contribution >= 4 is 11.6 Å². The molecular weight excluding hydrogens is 248 g/mol. The molecule has 0 fully saturated rings. The molecule has 2 aromatic rings. The van der Waals surface area contributed by atoms with Crippen LogP contribution in [0.5, 0.6) is 5.75 Å². The first-order valence-electron chi connectivity index (χ1n) is 5.68. The summed E-state index contributed by atoms with van der Waals surface area (Å²) in [6.45, 7) is 1.71. The number of hydrogen-bond donors (Lipinski definition) is 1. The monoisotopic (exact) mass is 262 g/mol. The molecule has 0 aliphatic rings. The molecule has 0 radical (unpaired) electrons. The molecule has 0 amide bonds. The number of methoxy groups -OCH3 is 1. The Kier molecular flexibility index (Phi) is 3.60. The Labute approximate surface area is 112 Å². The van der Waals surface area contributed by atoms with Crippen LogP contribution in [0.4, 0.5) is 0 Å². The van der Waals surface area contributed by atoms with Gasteiger partial charge in [-0.2, -0.15) is 0 Å². The summed E-state index contributed by atoms with van der Waals surface area (Å²) in [7, 11) is 1.58. The van der Waals surface area contributed by atoms with Crippen molar-refractivity contribution in [3.05, 3.63) is 64.7 Å². The predicted octanol–water partition coefficient (Wildman–Crippen LogP) is 3.60. The lowest BCUT2D eigenvalue weighted by Gasteiger charge is -2.27. The van der Waals surface area contributed by atoms with Crippen molar-refractivity contribution in [3.63, 3.8) is 0 Å². The van der Waals surface area contributed by atoms with E-state index < -0.39 is 5.60 Å². The quantitative estimate of drug-likeness (QED) is 0.916. The maximum absolute atomic E-state index is 10.8. The van der Waals surface area contributed by atoms with E-state index in [0.29, 0.717) is 21.9 Å². The molecule has 0 aromatic heterocycles. The molecule has 1 unspecified atom stereocenters. The number of aliphatic hydroxyl groups is 1. The van der Waals surface area contributed by atoms with Crippen LogP contribution in [-0.4, -0.2) is 12.2 Å². The first-order valence-corrected chi connectivity index (χ1v) is 6.06. The highest BCUT2D eigenvalue weighted by Gasteiger charge is 2.30. The van der Waals surface area contributed by atoms with Crippen molar-refractivity contribution in [1.82, 2.24) is 0 Å². The summed E-state index contributed by atoms with van der Waals surface area (Å²) in [6, 6.07) is 14.7. The molecule has 3 heteroatoms. The van der Waals surface area contributed by atoms with Crippen molar-refractivity contribution < 1.29 is 9.84 Å². The molecule has 1 N–H and O–H groups in total.